The first-order chi connectivity index (χ1) is 15.8. The van der Waals surface area contributed by atoms with Crippen LogP contribution in [0.15, 0.2) is 23.0 Å². The SMILES string of the molecule is CC(C)[C@@H]1CN(c2nc(C3CC3)c3c(c2C#N)CC(C)(C)OC3)CCN1C(=O)c1ccoc1. The van der Waals surface area contributed by atoms with Gasteiger partial charge in [0.05, 0.1) is 41.3 Å². The summed E-state index contributed by atoms with van der Waals surface area (Å²) in [5, 5.41) is 10.2. The van der Waals surface area contributed by atoms with Gasteiger partial charge in [0.2, 0.25) is 0 Å². The van der Waals surface area contributed by atoms with E-state index in [-0.39, 0.29) is 23.5 Å². The first-order valence-electron chi connectivity index (χ1n) is 12.0. The number of hydrogen-bond donors (Lipinski definition) is 0. The standard InChI is InChI=1S/C26H32N4O3/c1-16(2)22-13-29(8-9-30(22)25(31)18-7-10-32-14-18)24-20(12-27)19-11-26(3,4)33-15-21(19)23(28-24)17-5-6-17/h7,10,14,16-17,22H,5-6,8-9,11,13,15H2,1-4H3/t22-/m0/s1. The maximum Gasteiger partial charge on any atom is 0.257 e. The average molecular weight is 449 g/mol. The second-order valence-corrected chi connectivity index (χ2v) is 10.5. The first kappa shape index (κ1) is 22.0. The highest BCUT2D eigenvalue weighted by Gasteiger charge is 2.39. The Balaban J connectivity index is 1.51. The molecule has 1 saturated carbocycles. The summed E-state index contributed by atoms with van der Waals surface area (Å²) in [6.07, 6.45) is 6.06. The molecule has 2 aromatic rings. The summed E-state index contributed by atoms with van der Waals surface area (Å²) in [6.45, 7) is 10.9. The number of pyridine rings is 1. The lowest BCUT2D eigenvalue weighted by atomic mass is 9.87. The number of fused-ring (bicyclic) bond motifs is 1. The predicted octanol–water partition coefficient (Wildman–Crippen LogP) is 4.26. The average Bonchev–Trinajstić information content (AvgIpc) is 3.49. The molecule has 1 aliphatic carbocycles. The Morgan fingerprint density at radius 3 is 2.70 bits per heavy atom. The molecule has 0 aromatic carbocycles. The Bertz CT molecular complexity index is 1100. The molecule has 1 atom stereocenters. The first-order valence-corrected chi connectivity index (χ1v) is 12.0. The van der Waals surface area contributed by atoms with Gasteiger partial charge in [0.1, 0.15) is 18.2 Å². The van der Waals surface area contributed by atoms with Crippen molar-refractivity contribution in [2.45, 2.75) is 71.1 Å². The van der Waals surface area contributed by atoms with Crippen LogP contribution in [0.25, 0.3) is 0 Å². The van der Waals surface area contributed by atoms with Crippen molar-refractivity contribution in [3.05, 3.63) is 46.5 Å². The Kier molecular flexibility index (Phi) is 5.44. The van der Waals surface area contributed by atoms with E-state index in [2.05, 4.69) is 38.7 Å². The second kappa shape index (κ2) is 8.18. The van der Waals surface area contributed by atoms with Crippen LogP contribution >= 0.6 is 0 Å². The summed E-state index contributed by atoms with van der Waals surface area (Å²) in [5.74, 6) is 1.53. The van der Waals surface area contributed by atoms with E-state index >= 15 is 0 Å². The van der Waals surface area contributed by atoms with Gasteiger partial charge in [-0.1, -0.05) is 13.8 Å². The van der Waals surface area contributed by atoms with Gasteiger partial charge in [-0.2, -0.15) is 5.26 Å². The fourth-order valence-electron chi connectivity index (χ4n) is 5.20. The Hall–Kier alpha value is -2.85. The largest absolute Gasteiger partial charge is 0.472 e. The van der Waals surface area contributed by atoms with Crippen LogP contribution in [-0.4, -0.2) is 47.1 Å². The number of anilines is 1. The van der Waals surface area contributed by atoms with Crippen molar-refractivity contribution in [3.8, 4) is 6.07 Å². The summed E-state index contributed by atoms with van der Waals surface area (Å²) in [6, 6.07) is 4.23. The summed E-state index contributed by atoms with van der Waals surface area (Å²) >= 11 is 0. The normalized spacial score (nSPS) is 22.2. The highest BCUT2D eigenvalue weighted by molar-refractivity contribution is 5.94. The minimum absolute atomic E-state index is 0.00132. The van der Waals surface area contributed by atoms with Crippen molar-refractivity contribution in [1.82, 2.24) is 9.88 Å². The lowest BCUT2D eigenvalue weighted by Gasteiger charge is -2.44. The molecule has 0 radical (unpaired) electrons. The fourth-order valence-corrected chi connectivity index (χ4v) is 5.20. The number of hydrogen-bond acceptors (Lipinski definition) is 6. The van der Waals surface area contributed by atoms with Gasteiger partial charge in [0.15, 0.2) is 0 Å². The molecule has 1 amide bonds. The summed E-state index contributed by atoms with van der Waals surface area (Å²) < 4.78 is 11.2. The molecule has 0 unspecified atom stereocenters. The number of carbonyl (C=O) groups is 1. The summed E-state index contributed by atoms with van der Waals surface area (Å²) in [5.41, 5.74) is 4.33. The van der Waals surface area contributed by atoms with Crippen molar-refractivity contribution in [3.63, 3.8) is 0 Å². The van der Waals surface area contributed by atoms with E-state index in [0.717, 1.165) is 35.5 Å². The number of amides is 1. The second-order valence-electron chi connectivity index (χ2n) is 10.5. The zero-order valence-corrected chi connectivity index (χ0v) is 19.9. The van der Waals surface area contributed by atoms with E-state index in [0.29, 0.717) is 49.7 Å². The molecule has 0 bridgehead atoms. The van der Waals surface area contributed by atoms with E-state index in [4.69, 9.17) is 14.1 Å². The van der Waals surface area contributed by atoms with Crippen LogP contribution in [-0.2, 0) is 17.8 Å². The van der Waals surface area contributed by atoms with Crippen molar-refractivity contribution in [2.24, 2.45) is 5.92 Å². The minimum Gasteiger partial charge on any atom is -0.472 e. The molecular weight excluding hydrogens is 416 g/mol. The van der Waals surface area contributed by atoms with E-state index in [1.165, 1.54) is 12.5 Å². The number of carbonyl (C=O) groups excluding carboxylic acids is 1. The molecule has 0 N–H and O–H groups in total. The lowest BCUT2D eigenvalue weighted by molar-refractivity contribution is -0.0407. The van der Waals surface area contributed by atoms with E-state index in [1.807, 2.05) is 4.90 Å². The van der Waals surface area contributed by atoms with Gasteiger partial charge < -0.3 is 19.0 Å². The van der Waals surface area contributed by atoms with Gasteiger partial charge in [-0.25, -0.2) is 4.98 Å². The number of nitriles is 1. The summed E-state index contributed by atoms with van der Waals surface area (Å²) in [4.78, 5) is 22.4. The minimum atomic E-state index is -0.297. The molecule has 7 heteroatoms. The van der Waals surface area contributed by atoms with E-state index in [9.17, 15) is 10.1 Å². The third kappa shape index (κ3) is 4.02. The summed E-state index contributed by atoms with van der Waals surface area (Å²) in [7, 11) is 0. The van der Waals surface area contributed by atoms with Crippen molar-refractivity contribution < 1.29 is 13.9 Å². The van der Waals surface area contributed by atoms with Crippen LogP contribution in [0.4, 0.5) is 5.82 Å². The molecule has 3 aliphatic rings. The van der Waals surface area contributed by atoms with E-state index < -0.39 is 0 Å². The lowest BCUT2D eigenvalue weighted by Crippen LogP contribution is -2.57. The van der Waals surface area contributed by atoms with Crippen molar-refractivity contribution >= 4 is 11.7 Å². The van der Waals surface area contributed by atoms with Gasteiger partial charge >= 0.3 is 0 Å². The molecule has 174 valence electrons. The van der Waals surface area contributed by atoms with Gasteiger partial charge in [0.25, 0.3) is 5.91 Å². The Labute approximate surface area is 195 Å². The van der Waals surface area contributed by atoms with Gasteiger partial charge in [-0.15, -0.1) is 0 Å². The smallest absolute Gasteiger partial charge is 0.257 e. The number of aromatic nitrogens is 1. The fraction of sp³-hybridized carbons (Fsp3) is 0.577. The van der Waals surface area contributed by atoms with Crippen molar-refractivity contribution in [2.75, 3.05) is 24.5 Å². The van der Waals surface area contributed by atoms with Gasteiger partial charge in [-0.3, -0.25) is 4.79 Å². The van der Waals surface area contributed by atoms with Crippen LogP contribution in [0.3, 0.4) is 0 Å². The molecular formula is C26H32N4O3. The molecule has 33 heavy (non-hydrogen) atoms. The molecule has 2 fully saturated rings. The number of furan rings is 1. The number of rotatable bonds is 4. The predicted molar refractivity (Wildman–Crippen MR) is 124 cm³/mol. The quantitative estimate of drug-likeness (QED) is 0.695. The molecule has 4 heterocycles. The Morgan fingerprint density at radius 2 is 2.06 bits per heavy atom. The van der Waals surface area contributed by atoms with Crippen LogP contribution in [0.1, 0.15) is 79.2 Å². The topological polar surface area (TPSA) is 82.6 Å². The zero-order valence-electron chi connectivity index (χ0n) is 19.9. The molecule has 1 saturated heterocycles. The highest BCUT2D eigenvalue weighted by Crippen LogP contribution is 2.46. The van der Waals surface area contributed by atoms with E-state index in [1.54, 1.807) is 6.07 Å². The molecule has 5 rings (SSSR count). The highest BCUT2D eigenvalue weighted by atomic mass is 16.5. The van der Waals surface area contributed by atoms with Gasteiger partial charge in [0, 0.05) is 37.5 Å². The maximum atomic E-state index is 13.1. The number of ether oxygens (including phenoxy) is 1. The third-order valence-corrected chi connectivity index (χ3v) is 7.23. The molecule has 7 nitrogen and oxygen atoms in total. The molecule has 0 spiro atoms. The molecule has 2 aliphatic heterocycles. The van der Waals surface area contributed by atoms with Crippen molar-refractivity contribution in [1.29, 1.82) is 5.26 Å². The molecule has 2 aromatic heterocycles. The van der Waals surface area contributed by atoms with Crippen LogP contribution in [0.5, 0.6) is 0 Å². The third-order valence-electron chi connectivity index (χ3n) is 7.23. The monoisotopic (exact) mass is 448 g/mol. The number of nitrogens with zero attached hydrogens (tertiary/aromatic N) is 4. The van der Waals surface area contributed by atoms with Crippen LogP contribution in [0, 0.1) is 17.2 Å². The van der Waals surface area contributed by atoms with Crippen LogP contribution in [0.2, 0.25) is 0 Å². The maximum absolute atomic E-state index is 13.1. The van der Waals surface area contributed by atoms with Gasteiger partial charge in [-0.05, 0) is 44.2 Å². The Morgan fingerprint density at radius 1 is 1.27 bits per heavy atom. The zero-order chi connectivity index (χ0) is 23.3. The number of piperazine rings is 1. The van der Waals surface area contributed by atoms with Crippen LogP contribution < -0.4 is 4.90 Å².